The van der Waals surface area contributed by atoms with Crippen LogP contribution in [0.2, 0.25) is 0 Å². The van der Waals surface area contributed by atoms with Crippen LogP contribution < -0.4 is 0 Å². The highest BCUT2D eigenvalue weighted by Gasteiger charge is 2.59. The fourth-order valence-electron chi connectivity index (χ4n) is 3.24. The maximum atomic E-state index is 12.2. The molecule has 0 aromatic rings. The van der Waals surface area contributed by atoms with Gasteiger partial charge in [0.25, 0.3) is 20.2 Å². The van der Waals surface area contributed by atoms with Crippen molar-refractivity contribution in [3.63, 3.8) is 0 Å². The SMILES string of the molecule is COC1C=CC=CC1(CC1(S(=O)(=O)O)C=CC=CC1OC)S(=O)(=O)O. The van der Waals surface area contributed by atoms with Crippen LogP contribution >= 0.6 is 0 Å². The van der Waals surface area contributed by atoms with Crippen LogP contribution in [-0.2, 0) is 29.7 Å². The Balaban J connectivity index is 2.71. The molecule has 0 aliphatic heterocycles. The Morgan fingerprint density at radius 2 is 1.16 bits per heavy atom. The summed E-state index contributed by atoms with van der Waals surface area (Å²) >= 11 is 0. The molecule has 0 saturated heterocycles. The maximum Gasteiger partial charge on any atom is 0.277 e. The van der Waals surface area contributed by atoms with E-state index in [1.54, 1.807) is 0 Å². The van der Waals surface area contributed by atoms with Gasteiger partial charge in [-0.2, -0.15) is 16.8 Å². The molecular weight excluding hydrogens is 372 g/mol. The Labute approximate surface area is 147 Å². The van der Waals surface area contributed by atoms with Gasteiger partial charge in [0.2, 0.25) is 0 Å². The number of hydrogen-bond donors (Lipinski definition) is 2. The van der Waals surface area contributed by atoms with E-state index in [0.29, 0.717) is 0 Å². The second-order valence-electron chi connectivity index (χ2n) is 5.84. The fraction of sp³-hybridized carbons (Fsp3) is 0.467. The molecule has 0 radical (unpaired) electrons. The van der Waals surface area contributed by atoms with E-state index < -0.39 is 48.4 Å². The third kappa shape index (κ3) is 3.25. The van der Waals surface area contributed by atoms with Gasteiger partial charge in [-0.05, 0) is 0 Å². The monoisotopic (exact) mass is 392 g/mol. The van der Waals surface area contributed by atoms with E-state index in [1.807, 2.05) is 0 Å². The van der Waals surface area contributed by atoms with E-state index >= 15 is 0 Å². The zero-order chi connectivity index (χ0) is 18.9. The molecule has 0 bridgehead atoms. The number of allylic oxidation sites excluding steroid dienone is 4. The Morgan fingerprint density at radius 1 is 0.800 bits per heavy atom. The predicted molar refractivity (Wildman–Crippen MR) is 91.3 cm³/mol. The first-order valence-electron chi connectivity index (χ1n) is 7.26. The van der Waals surface area contributed by atoms with Gasteiger partial charge in [-0.1, -0.05) is 48.6 Å². The standard InChI is InChI=1S/C15H20O8S2/c1-22-12-7-3-5-9-14(12,24(16,17)18)11-15(25(19,20)21)10-6-4-8-13(15)23-2/h3-10,12-13H,11H2,1-2H3,(H,16,17,18)(H,19,20,21). The molecule has 4 atom stereocenters. The van der Waals surface area contributed by atoms with E-state index in [4.69, 9.17) is 9.47 Å². The van der Waals surface area contributed by atoms with Crippen molar-refractivity contribution in [2.45, 2.75) is 28.1 Å². The van der Waals surface area contributed by atoms with Crippen molar-refractivity contribution in [1.82, 2.24) is 0 Å². The highest BCUT2D eigenvalue weighted by atomic mass is 32.2. The first kappa shape index (κ1) is 20.0. The molecule has 2 N–H and O–H groups in total. The number of rotatable bonds is 6. The van der Waals surface area contributed by atoms with Crippen LogP contribution in [0.15, 0.2) is 48.6 Å². The Bertz CT molecular complexity index is 767. The average Bonchev–Trinajstić information content (AvgIpc) is 2.53. The molecule has 4 unspecified atom stereocenters. The Morgan fingerprint density at radius 3 is 1.44 bits per heavy atom. The lowest BCUT2D eigenvalue weighted by Gasteiger charge is -2.43. The summed E-state index contributed by atoms with van der Waals surface area (Å²) in [5.74, 6) is 0. The summed E-state index contributed by atoms with van der Waals surface area (Å²) in [5, 5.41) is 0. The van der Waals surface area contributed by atoms with Crippen molar-refractivity contribution in [3.8, 4) is 0 Å². The summed E-state index contributed by atoms with van der Waals surface area (Å²) in [4.78, 5) is 0. The Kier molecular flexibility index (Phi) is 5.43. The van der Waals surface area contributed by atoms with Crippen LogP contribution in [0.5, 0.6) is 0 Å². The molecule has 0 aromatic heterocycles. The van der Waals surface area contributed by atoms with Crippen molar-refractivity contribution < 1.29 is 35.4 Å². The molecule has 0 amide bonds. The fourth-order valence-corrected chi connectivity index (χ4v) is 5.61. The summed E-state index contributed by atoms with van der Waals surface area (Å²) in [6.07, 6.45) is 7.80. The minimum Gasteiger partial charge on any atom is -0.375 e. The van der Waals surface area contributed by atoms with Crippen LogP contribution in [-0.4, -0.2) is 61.9 Å². The van der Waals surface area contributed by atoms with Gasteiger partial charge in [0, 0.05) is 20.6 Å². The molecule has 0 spiro atoms. The van der Waals surface area contributed by atoms with Crippen molar-refractivity contribution in [2.24, 2.45) is 0 Å². The second-order valence-corrected chi connectivity index (χ2v) is 9.26. The predicted octanol–water partition coefficient (Wildman–Crippen LogP) is 0.912. The highest BCUT2D eigenvalue weighted by Crippen LogP contribution is 2.43. The minimum absolute atomic E-state index is 0.712. The molecular formula is C15H20O8S2. The van der Waals surface area contributed by atoms with E-state index in [0.717, 1.165) is 12.2 Å². The summed E-state index contributed by atoms with van der Waals surface area (Å²) in [6, 6.07) is 0. The topological polar surface area (TPSA) is 127 Å². The van der Waals surface area contributed by atoms with Crippen LogP contribution in [0, 0.1) is 0 Å². The summed E-state index contributed by atoms with van der Waals surface area (Å²) in [7, 11) is -7.19. The average molecular weight is 392 g/mol. The molecule has 2 aliphatic rings. The summed E-state index contributed by atoms with van der Waals surface area (Å²) < 4.78 is 74.9. The van der Waals surface area contributed by atoms with E-state index in [-0.39, 0.29) is 0 Å². The minimum atomic E-state index is -4.83. The van der Waals surface area contributed by atoms with Crippen LogP contribution in [0.4, 0.5) is 0 Å². The van der Waals surface area contributed by atoms with Crippen molar-refractivity contribution in [3.05, 3.63) is 48.6 Å². The molecule has 2 aliphatic carbocycles. The van der Waals surface area contributed by atoms with E-state index in [1.165, 1.54) is 50.7 Å². The quantitative estimate of drug-likeness (QED) is 0.639. The molecule has 0 fully saturated rings. The van der Waals surface area contributed by atoms with Gasteiger partial charge in [-0.3, -0.25) is 9.11 Å². The van der Waals surface area contributed by atoms with Crippen LogP contribution in [0.25, 0.3) is 0 Å². The van der Waals surface area contributed by atoms with E-state index in [2.05, 4.69) is 0 Å². The lowest BCUT2D eigenvalue weighted by Crippen LogP contribution is -2.59. The molecule has 8 nitrogen and oxygen atoms in total. The molecule has 140 valence electrons. The number of methoxy groups -OCH3 is 2. The van der Waals surface area contributed by atoms with Crippen molar-refractivity contribution >= 4 is 20.2 Å². The Hall–Kier alpha value is -1.30. The van der Waals surface area contributed by atoms with Gasteiger partial charge in [-0.25, -0.2) is 0 Å². The van der Waals surface area contributed by atoms with Crippen molar-refractivity contribution in [1.29, 1.82) is 0 Å². The zero-order valence-electron chi connectivity index (χ0n) is 13.6. The van der Waals surface area contributed by atoms with Crippen molar-refractivity contribution in [2.75, 3.05) is 14.2 Å². The van der Waals surface area contributed by atoms with Crippen LogP contribution in [0.3, 0.4) is 0 Å². The highest BCUT2D eigenvalue weighted by molar-refractivity contribution is 7.88. The normalized spacial score (nSPS) is 35.2. The number of hydrogen-bond acceptors (Lipinski definition) is 6. The summed E-state index contributed by atoms with van der Waals surface area (Å²) in [6.45, 7) is 0. The maximum absolute atomic E-state index is 12.2. The van der Waals surface area contributed by atoms with Gasteiger partial charge in [0.1, 0.15) is 21.7 Å². The molecule has 2 rings (SSSR count). The molecule has 0 saturated carbocycles. The van der Waals surface area contributed by atoms with Gasteiger partial charge < -0.3 is 9.47 Å². The molecule has 0 heterocycles. The molecule has 10 heteroatoms. The molecule has 25 heavy (non-hydrogen) atoms. The summed E-state index contributed by atoms with van der Waals surface area (Å²) in [5.41, 5.74) is 0. The number of ether oxygens (including phenoxy) is 2. The first-order valence-corrected chi connectivity index (χ1v) is 10.1. The second kappa shape index (κ2) is 6.78. The van der Waals surface area contributed by atoms with Gasteiger partial charge in [0.15, 0.2) is 0 Å². The zero-order valence-corrected chi connectivity index (χ0v) is 15.3. The first-order chi connectivity index (χ1) is 11.5. The van der Waals surface area contributed by atoms with Gasteiger partial charge in [0.05, 0.1) is 0 Å². The van der Waals surface area contributed by atoms with Gasteiger partial charge in [-0.15, -0.1) is 0 Å². The van der Waals surface area contributed by atoms with E-state index in [9.17, 15) is 25.9 Å². The third-order valence-electron chi connectivity index (χ3n) is 4.53. The smallest absolute Gasteiger partial charge is 0.277 e. The van der Waals surface area contributed by atoms with Crippen LogP contribution in [0.1, 0.15) is 6.42 Å². The third-order valence-corrected chi connectivity index (χ3v) is 7.48. The lowest BCUT2D eigenvalue weighted by atomic mass is 9.81. The van der Waals surface area contributed by atoms with Gasteiger partial charge >= 0.3 is 0 Å². The molecule has 0 aromatic carbocycles. The lowest BCUT2D eigenvalue weighted by molar-refractivity contribution is 0.0778. The largest absolute Gasteiger partial charge is 0.375 e.